The Bertz CT molecular complexity index is 246. The maximum absolute atomic E-state index is 4.18. The highest BCUT2D eigenvalue weighted by Crippen LogP contribution is 2.11. The maximum atomic E-state index is 4.18. The van der Waals surface area contributed by atoms with Gasteiger partial charge in [-0.25, -0.2) is 9.97 Å². The summed E-state index contributed by atoms with van der Waals surface area (Å²) in [6.07, 6.45) is 5.68. The number of hydrogen-bond donors (Lipinski definition) is 1. The second-order valence-electron chi connectivity index (χ2n) is 3.22. The van der Waals surface area contributed by atoms with Gasteiger partial charge in [0.2, 0.25) is 5.95 Å². The molecule has 4 heteroatoms. The van der Waals surface area contributed by atoms with Crippen molar-refractivity contribution in [1.29, 1.82) is 0 Å². The molecule has 13 heavy (non-hydrogen) atoms. The smallest absolute Gasteiger partial charge is 0.222 e. The van der Waals surface area contributed by atoms with Gasteiger partial charge in [0.05, 0.1) is 0 Å². The summed E-state index contributed by atoms with van der Waals surface area (Å²) in [4.78, 5) is 9.45. The van der Waals surface area contributed by atoms with Crippen molar-refractivity contribution in [3.63, 3.8) is 0 Å². The number of hydrogen-bond acceptors (Lipinski definition) is 4. The van der Waals surface area contributed by atoms with Crippen molar-refractivity contribution in [3.05, 3.63) is 12.4 Å². The molecular weight excluding hydrogens is 182 g/mol. The molecule has 0 spiro atoms. The lowest BCUT2D eigenvalue weighted by atomic mass is 10.2. The Balaban J connectivity index is 2.49. The van der Waals surface area contributed by atoms with Crippen LogP contribution >= 0.6 is 11.8 Å². The molecule has 0 aromatic carbocycles. The van der Waals surface area contributed by atoms with E-state index in [1.165, 1.54) is 0 Å². The number of thioether (sulfide) groups is 1. The number of aromatic nitrogens is 2. The van der Waals surface area contributed by atoms with Crippen LogP contribution in [0.3, 0.4) is 0 Å². The zero-order valence-electron chi connectivity index (χ0n) is 8.24. The molecule has 0 saturated carbocycles. The molecule has 0 radical (unpaired) electrons. The topological polar surface area (TPSA) is 37.8 Å². The van der Waals surface area contributed by atoms with Crippen LogP contribution < -0.4 is 5.32 Å². The van der Waals surface area contributed by atoms with Crippen LogP contribution in [0.5, 0.6) is 0 Å². The van der Waals surface area contributed by atoms with E-state index in [4.69, 9.17) is 0 Å². The molecule has 0 unspecified atom stereocenters. The normalized spacial score (nSPS) is 10.5. The van der Waals surface area contributed by atoms with Gasteiger partial charge in [-0.2, -0.15) is 0 Å². The van der Waals surface area contributed by atoms with Crippen LogP contribution in [0.4, 0.5) is 5.95 Å². The summed E-state index contributed by atoms with van der Waals surface area (Å²) in [5.74, 6) is 1.33. The minimum absolute atomic E-state index is 0.615. The first-order chi connectivity index (χ1) is 6.22. The molecule has 0 saturated heterocycles. The lowest BCUT2D eigenvalue weighted by Crippen LogP contribution is -2.10. The lowest BCUT2D eigenvalue weighted by Gasteiger charge is -2.06. The van der Waals surface area contributed by atoms with E-state index in [1.54, 1.807) is 11.8 Å². The summed E-state index contributed by atoms with van der Waals surface area (Å²) in [7, 11) is 0. The van der Waals surface area contributed by atoms with Gasteiger partial charge in [-0.15, -0.1) is 11.8 Å². The van der Waals surface area contributed by atoms with E-state index in [0.29, 0.717) is 11.9 Å². The Labute approximate surface area is 83.4 Å². The summed E-state index contributed by atoms with van der Waals surface area (Å²) in [6.45, 7) is 5.23. The fourth-order valence-electron chi connectivity index (χ4n) is 0.808. The number of rotatable bonds is 4. The minimum atomic E-state index is 0.615. The maximum Gasteiger partial charge on any atom is 0.222 e. The fraction of sp³-hybridized carbons (Fsp3) is 0.556. The molecule has 1 aromatic heterocycles. The van der Waals surface area contributed by atoms with Crippen molar-refractivity contribution in [3.8, 4) is 0 Å². The standard InChI is InChI=1S/C9H15N3S/c1-7(2)4-10-9-11-5-8(13-3)6-12-9/h5-7H,4H2,1-3H3,(H,10,11,12). The van der Waals surface area contributed by atoms with Crippen molar-refractivity contribution in [2.24, 2.45) is 5.92 Å². The highest BCUT2D eigenvalue weighted by Gasteiger charge is 1.97. The van der Waals surface area contributed by atoms with Crippen molar-refractivity contribution >= 4 is 17.7 Å². The number of nitrogens with zero attached hydrogens (tertiary/aromatic N) is 2. The van der Waals surface area contributed by atoms with Gasteiger partial charge in [-0.1, -0.05) is 13.8 Å². The van der Waals surface area contributed by atoms with Gasteiger partial charge in [-0.3, -0.25) is 0 Å². The van der Waals surface area contributed by atoms with Crippen molar-refractivity contribution in [2.45, 2.75) is 18.7 Å². The predicted molar refractivity (Wildman–Crippen MR) is 57.1 cm³/mol. The van der Waals surface area contributed by atoms with Crippen LogP contribution in [0.25, 0.3) is 0 Å². The summed E-state index contributed by atoms with van der Waals surface area (Å²) in [5, 5.41) is 3.16. The highest BCUT2D eigenvalue weighted by atomic mass is 32.2. The van der Waals surface area contributed by atoms with Gasteiger partial charge >= 0.3 is 0 Å². The van der Waals surface area contributed by atoms with Crippen LogP contribution in [0.15, 0.2) is 17.3 Å². The van der Waals surface area contributed by atoms with Crippen LogP contribution in [0.1, 0.15) is 13.8 Å². The predicted octanol–water partition coefficient (Wildman–Crippen LogP) is 2.27. The molecule has 1 rings (SSSR count). The number of nitrogens with one attached hydrogen (secondary N) is 1. The molecule has 3 nitrogen and oxygen atoms in total. The third-order valence-electron chi connectivity index (χ3n) is 1.53. The highest BCUT2D eigenvalue weighted by molar-refractivity contribution is 7.98. The lowest BCUT2D eigenvalue weighted by molar-refractivity contribution is 0.684. The van der Waals surface area contributed by atoms with E-state index in [0.717, 1.165) is 11.4 Å². The van der Waals surface area contributed by atoms with Crippen LogP contribution in [-0.4, -0.2) is 22.8 Å². The van der Waals surface area contributed by atoms with Gasteiger partial charge in [-0.05, 0) is 12.2 Å². The van der Waals surface area contributed by atoms with Gasteiger partial charge in [0, 0.05) is 23.8 Å². The second-order valence-corrected chi connectivity index (χ2v) is 4.10. The first-order valence-corrected chi connectivity index (χ1v) is 5.54. The Hall–Kier alpha value is -0.770. The summed E-state index contributed by atoms with van der Waals surface area (Å²) in [6, 6.07) is 0. The van der Waals surface area contributed by atoms with Crippen molar-refractivity contribution in [1.82, 2.24) is 9.97 Å². The third-order valence-corrected chi connectivity index (χ3v) is 2.21. The van der Waals surface area contributed by atoms with E-state index in [2.05, 4.69) is 29.1 Å². The van der Waals surface area contributed by atoms with Crippen molar-refractivity contribution in [2.75, 3.05) is 18.1 Å². The average molecular weight is 197 g/mol. The van der Waals surface area contributed by atoms with Gasteiger partial charge in [0.15, 0.2) is 0 Å². The Kier molecular flexibility index (Phi) is 4.02. The third kappa shape index (κ3) is 3.63. The first kappa shape index (κ1) is 10.3. The zero-order valence-corrected chi connectivity index (χ0v) is 9.06. The van der Waals surface area contributed by atoms with Gasteiger partial charge in [0.25, 0.3) is 0 Å². The molecule has 1 N–H and O–H groups in total. The Morgan fingerprint density at radius 2 is 2.00 bits per heavy atom. The van der Waals surface area contributed by atoms with E-state index < -0.39 is 0 Å². The van der Waals surface area contributed by atoms with Crippen molar-refractivity contribution < 1.29 is 0 Å². The quantitative estimate of drug-likeness (QED) is 0.751. The zero-order chi connectivity index (χ0) is 9.68. The van der Waals surface area contributed by atoms with E-state index in [1.807, 2.05) is 18.6 Å². The molecule has 72 valence electrons. The molecular formula is C9H15N3S. The fourth-order valence-corrected chi connectivity index (χ4v) is 1.12. The molecule has 0 aliphatic carbocycles. The van der Waals surface area contributed by atoms with E-state index in [9.17, 15) is 0 Å². The summed E-state index contributed by atoms with van der Waals surface area (Å²) >= 11 is 1.65. The molecule has 0 aliphatic rings. The summed E-state index contributed by atoms with van der Waals surface area (Å²) in [5.41, 5.74) is 0. The monoisotopic (exact) mass is 197 g/mol. The molecule has 1 heterocycles. The van der Waals surface area contributed by atoms with Gasteiger partial charge < -0.3 is 5.32 Å². The summed E-state index contributed by atoms with van der Waals surface area (Å²) < 4.78 is 0. The van der Waals surface area contributed by atoms with Crippen LogP contribution in [0, 0.1) is 5.92 Å². The van der Waals surface area contributed by atoms with E-state index >= 15 is 0 Å². The van der Waals surface area contributed by atoms with E-state index in [-0.39, 0.29) is 0 Å². The molecule has 0 atom stereocenters. The molecule has 0 fully saturated rings. The largest absolute Gasteiger partial charge is 0.354 e. The SMILES string of the molecule is CSc1cnc(NCC(C)C)nc1. The minimum Gasteiger partial charge on any atom is -0.354 e. The van der Waals surface area contributed by atoms with Gasteiger partial charge in [0.1, 0.15) is 0 Å². The molecule has 0 aliphatic heterocycles. The van der Waals surface area contributed by atoms with Crippen LogP contribution in [0.2, 0.25) is 0 Å². The molecule has 1 aromatic rings. The average Bonchev–Trinajstić information content (AvgIpc) is 2.15. The Morgan fingerprint density at radius 3 is 2.46 bits per heavy atom. The Morgan fingerprint density at radius 1 is 1.38 bits per heavy atom. The first-order valence-electron chi connectivity index (χ1n) is 4.32. The van der Waals surface area contributed by atoms with Crippen LogP contribution in [-0.2, 0) is 0 Å². The number of anilines is 1. The molecule has 0 amide bonds. The second kappa shape index (κ2) is 5.07. The molecule has 0 bridgehead atoms.